The highest BCUT2D eigenvalue weighted by atomic mass is 16.7. The van der Waals surface area contributed by atoms with E-state index in [0.717, 1.165) is 0 Å². The Labute approximate surface area is 81.2 Å². The first kappa shape index (κ1) is 10.2. The van der Waals surface area contributed by atoms with Crippen LogP contribution < -0.4 is 0 Å². The average Bonchev–Trinajstić information content (AvgIpc) is 2.42. The minimum Gasteiger partial charge on any atom is -0.394 e. The van der Waals surface area contributed by atoms with Crippen molar-refractivity contribution in [2.24, 2.45) is 0 Å². The van der Waals surface area contributed by atoms with E-state index in [1.807, 2.05) is 0 Å². The highest BCUT2D eigenvalue weighted by molar-refractivity contribution is 5.01. The molecule has 1 aliphatic heterocycles. The molecule has 0 aromatic carbocycles. The maximum atomic E-state index is 9.57. The molecule has 1 fully saturated rings. The zero-order valence-corrected chi connectivity index (χ0v) is 7.19. The molecule has 14 heavy (non-hydrogen) atoms. The fraction of sp³-hybridized carbons (Fsp3) is 1.00. The van der Waals surface area contributed by atoms with Crippen molar-refractivity contribution in [3.05, 3.63) is 0 Å². The van der Waals surface area contributed by atoms with Crippen LogP contribution in [0.25, 0.3) is 0 Å². The Morgan fingerprint density at radius 3 is 2.36 bits per heavy atom. The molecule has 1 saturated heterocycles. The molecule has 6 N–H and O–H groups in total. The average molecular weight is 211 g/mol. The molecular formula is C7H14O7. The van der Waals surface area contributed by atoms with Gasteiger partial charge in [-0.1, -0.05) is 0 Å². The summed E-state index contributed by atoms with van der Waals surface area (Å²) in [5.41, 5.74) is -2.60. The monoisotopic (exact) mass is 211 g/mol. The maximum Gasteiger partial charge on any atom is 0.189 e. The molecule has 0 saturated carbocycles. The third kappa shape index (κ3) is 1.63. The standard InChI is InChI=1S/C7H14O7/c8-1-3(10)4-5(11)7(13,2-9)6(12)14-4/h3-6,8-13H,1-2H2/t3-,4-,5+,6?,7+/m1/s1/i2D/t2?,3-,4-,5+,6?,7+. The molecule has 2 unspecified atom stereocenters. The number of aliphatic hydroxyl groups excluding tert-OH is 5. The largest absolute Gasteiger partial charge is 0.394 e. The van der Waals surface area contributed by atoms with Crippen molar-refractivity contribution in [1.82, 2.24) is 0 Å². The molecule has 0 radical (unpaired) electrons. The lowest BCUT2D eigenvalue weighted by Gasteiger charge is -2.26. The predicted octanol–water partition coefficient (Wildman–Crippen LogP) is -3.86. The van der Waals surface area contributed by atoms with E-state index in [0.29, 0.717) is 0 Å². The summed E-state index contributed by atoms with van der Waals surface area (Å²) in [4.78, 5) is 0. The molecule has 0 amide bonds. The number of hydrogen-bond donors (Lipinski definition) is 6. The quantitative estimate of drug-likeness (QED) is 0.281. The van der Waals surface area contributed by atoms with Gasteiger partial charge in [0.2, 0.25) is 0 Å². The molecule has 7 nitrogen and oxygen atoms in total. The first-order chi connectivity index (χ1) is 6.85. The lowest BCUT2D eigenvalue weighted by atomic mass is 9.94. The Hall–Kier alpha value is -0.280. The van der Waals surface area contributed by atoms with Gasteiger partial charge in [-0.15, -0.1) is 0 Å². The van der Waals surface area contributed by atoms with Crippen molar-refractivity contribution in [1.29, 1.82) is 0 Å². The zero-order chi connectivity index (χ0) is 11.8. The summed E-state index contributed by atoms with van der Waals surface area (Å²) in [6, 6.07) is 0. The Balaban J connectivity index is 2.87. The van der Waals surface area contributed by atoms with E-state index in [-0.39, 0.29) is 0 Å². The summed E-state index contributed by atoms with van der Waals surface area (Å²) in [7, 11) is 0. The van der Waals surface area contributed by atoms with Gasteiger partial charge in [0.1, 0.15) is 18.3 Å². The molecule has 84 valence electrons. The number of hydrogen-bond acceptors (Lipinski definition) is 7. The van der Waals surface area contributed by atoms with E-state index in [9.17, 15) is 15.3 Å². The number of rotatable bonds is 3. The number of ether oxygens (including phenoxy) is 1. The van der Waals surface area contributed by atoms with Gasteiger partial charge in [0.15, 0.2) is 11.9 Å². The van der Waals surface area contributed by atoms with Gasteiger partial charge in [0.05, 0.1) is 14.6 Å². The summed E-state index contributed by atoms with van der Waals surface area (Å²) in [5.74, 6) is 0. The van der Waals surface area contributed by atoms with Crippen molar-refractivity contribution < 1.29 is 36.7 Å². The summed E-state index contributed by atoms with van der Waals surface area (Å²) in [6.45, 7) is -2.95. The molecule has 0 spiro atoms. The SMILES string of the molecule is [2H]C(O)[C@@]1(O)C(O)O[C@H]([C@H](O)CO)[C@@H]1O. The lowest BCUT2D eigenvalue weighted by Crippen LogP contribution is -2.52. The maximum absolute atomic E-state index is 9.57. The van der Waals surface area contributed by atoms with Gasteiger partial charge < -0.3 is 35.4 Å². The third-order valence-corrected chi connectivity index (χ3v) is 2.24. The molecule has 1 rings (SSSR count). The summed E-state index contributed by atoms with van der Waals surface area (Å²) >= 11 is 0. The minimum absolute atomic E-state index is 0.751. The molecular weight excluding hydrogens is 196 g/mol. The van der Waals surface area contributed by atoms with Crippen LogP contribution in [0.5, 0.6) is 0 Å². The van der Waals surface area contributed by atoms with Crippen LogP contribution in [0.2, 0.25) is 0 Å². The van der Waals surface area contributed by atoms with Crippen molar-refractivity contribution in [2.45, 2.75) is 30.2 Å². The number of aliphatic hydroxyl groups is 6. The van der Waals surface area contributed by atoms with E-state index in [1.54, 1.807) is 0 Å². The lowest BCUT2D eigenvalue weighted by molar-refractivity contribution is -0.194. The van der Waals surface area contributed by atoms with E-state index >= 15 is 0 Å². The molecule has 0 aromatic heterocycles. The zero-order valence-electron chi connectivity index (χ0n) is 8.19. The van der Waals surface area contributed by atoms with Crippen LogP contribution in [0.3, 0.4) is 0 Å². The normalized spacial score (nSPS) is 48.7. The van der Waals surface area contributed by atoms with Crippen LogP contribution in [-0.4, -0.2) is 74.0 Å². The van der Waals surface area contributed by atoms with E-state index in [1.165, 1.54) is 0 Å². The Morgan fingerprint density at radius 2 is 2.00 bits per heavy atom. The summed E-state index contributed by atoms with van der Waals surface area (Å²) in [5, 5.41) is 54.9. The fourth-order valence-electron chi connectivity index (χ4n) is 1.29. The highest BCUT2D eigenvalue weighted by Crippen LogP contribution is 2.31. The van der Waals surface area contributed by atoms with Crippen molar-refractivity contribution in [2.75, 3.05) is 13.2 Å². The third-order valence-electron chi connectivity index (χ3n) is 2.24. The minimum atomic E-state index is -2.60. The van der Waals surface area contributed by atoms with E-state index < -0.39 is 43.4 Å². The summed E-state index contributed by atoms with van der Waals surface area (Å²) < 4.78 is 11.5. The van der Waals surface area contributed by atoms with Gasteiger partial charge in [-0.3, -0.25) is 0 Å². The first-order valence-corrected chi connectivity index (χ1v) is 3.98. The second kappa shape index (κ2) is 4.07. The van der Waals surface area contributed by atoms with E-state index in [2.05, 4.69) is 4.74 Å². The second-order valence-electron chi connectivity index (χ2n) is 3.16. The van der Waals surface area contributed by atoms with E-state index in [4.69, 9.17) is 16.7 Å². The van der Waals surface area contributed by atoms with Gasteiger partial charge in [0, 0.05) is 0 Å². The molecule has 6 atom stereocenters. The van der Waals surface area contributed by atoms with Gasteiger partial charge in [-0.25, -0.2) is 0 Å². The molecule has 1 heterocycles. The van der Waals surface area contributed by atoms with Crippen LogP contribution in [0, 0.1) is 0 Å². The molecule has 0 bridgehead atoms. The summed E-state index contributed by atoms with van der Waals surface area (Å²) in [6.07, 6.45) is -6.87. The molecule has 1 aliphatic rings. The smallest absolute Gasteiger partial charge is 0.189 e. The van der Waals surface area contributed by atoms with Crippen LogP contribution in [-0.2, 0) is 4.74 Å². The predicted molar refractivity (Wildman–Crippen MR) is 42.0 cm³/mol. The van der Waals surface area contributed by atoms with Gasteiger partial charge in [-0.2, -0.15) is 0 Å². The van der Waals surface area contributed by atoms with Crippen molar-refractivity contribution >= 4 is 0 Å². The van der Waals surface area contributed by atoms with Gasteiger partial charge in [-0.05, 0) is 0 Å². The van der Waals surface area contributed by atoms with Crippen molar-refractivity contribution in [3.8, 4) is 0 Å². The topological polar surface area (TPSA) is 131 Å². The molecule has 0 aromatic rings. The Kier molecular flexibility index (Phi) is 2.98. The molecule has 0 aliphatic carbocycles. The van der Waals surface area contributed by atoms with Crippen molar-refractivity contribution in [3.63, 3.8) is 0 Å². The molecule has 7 heteroatoms. The van der Waals surface area contributed by atoms with Gasteiger partial charge >= 0.3 is 0 Å². The fourth-order valence-corrected chi connectivity index (χ4v) is 1.29. The first-order valence-electron chi connectivity index (χ1n) is 4.56. The second-order valence-corrected chi connectivity index (χ2v) is 3.16. The Bertz CT molecular complexity index is 225. The van der Waals surface area contributed by atoms with Crippen LogP contribution in [0.1, 0.15) is 1.37 Å². The highest BCUT2D eigenvalue weighted by Gasteiger charge is 2.56. The van der Waals surface area contributed by atoms with Gasteiger partial charge in [0.25, 0.3) is 0 Å². The van der Waals surface area contributed by atoms with Crippen LogP contribution in [0.4, 0.5) is 0 Å². The van der Waals surface area contributed by atoms with Crippen LogP contribution in [0.15, 0.2) is 0 Å². The Morgan fingerprint density at radius 1 is 1.43 bits per heavy atom. The van der Waals surface area contributed by atoms with Crippen LogP contribution >= 0.6 is 0 Å².